The molecule has 44 heavy (non-hydrogen) atoms. The van der Waals surface area contributed by atoms with Crippen molar-refractivity contribution in [2.45, 2.75) is 91.0 Å². The zero-order valence-electron chi connectivity index (χ0n) is 26.1. The molecule has 3 amide bonds. The topological polar surface area (TPSA) is 73.0 Å². The molecule has 9 heteroatoms. The fourth-order valence-corrected chi connectivity index (χ4v) is 7.73. The van der Waals surface area contributed by atoms with E-state index < -0.39 is 11.9 Å². The minimum absolute atomic E-state index is 0.0442. The third-order valence-corrected chi connectivity index (χ3v) is 10.3. The molecule has 2 fully saturated rings. The van der Waals surface area contributed by atoms with Crippen LogP contribution in [0.4, 0.5) is 4.39 Å². The van der Waals surface area contributed by atoms with Gasteiger partial charge in [0.2, 0.25) is 11.8 Å². The molecule has 234 valence electrons. The van der Waals surface area contributed by atoms with E-state index in [1.54, 1.807) is 12.1 Å². The van der Waals surface area contributed by atoms with Crippen molar-refractivity contribution in [3.05, 3.63) is 75.1 Å². The quantitative estimate of drug-likeness (QED) is 0.414. The van der Waals surface area contributed by atoms with Gasteiger partial charge in [0, 0.05) is 66.4 Å². The van der Waals surface area contributed by atoms with E-state index in [4.69, 9.17) is 11.6 Å². The average Bonchev–Trinajstić information content (AvgIpc) is 3.29. The molecular weight excluding hydrogens is 579 g/mol. The van der Waals surface area contributed by atoms with Crippen molar-refractivity contribution in [3.8, 4) is 0 Å². The lowest BCUT2D eigenvalue weighted by Crippen LogP contribution is -2.56. The summed E-state index contributed by atoms with van der Waals surface area (Å²) in [6.45, 7) is 12.3. The predicted molar refractivity (Wildman–Crippen MR) is 169 cm³/mol. The summed E-state index contributed by atoms with van der Waals surface area (Å²) >= 11 is 6.21. The number of benzene rings is 2. The van der Waals surface area contributed by atoms with Crippen LogP contribution in [0.15, 0.2) is 42.0 Å². The summed E-state index contributed by atoms with van der Waals surface area (Å²) in [5.41, 5.74) is 5.70. The van der Waals surface area contributed by atoms with Gasteiger partial charge in [0.05, 0.1) is 6.54 Å². The Balaban J connectivity index is 1.15. The first-order valence-corrected chi connectivity index (χ1v) is 16.2. The maximum absolute atomic E-state index is 15.9. The number of halogens is 2. The molecule has 0 saturated carbocycles. The fourth-order valence-electron chi connectivity index (χ4n) is 7.61. The molecule has 0 spiro atoms. The molecule has 0 aromatic heterocycles. The van der Waals surface area contributed by atoms with Gasteiger partial charge in [-0.05, 0) is 74.3 Å². The highest BCUT2D eigenvalue weighted by Gasteiger charge is 2.41. The summed E-state index contributed by atoms with van der Waals surface area (Å²) in [4.78, 5) is 43.4. The summed E-state index contributed by atoms with van der Waals surface area (Å²) < 4.78 is 15.9. The molecule has 3 unspecified atom stereocenters. The van der Waals surface area contributed by atoms with Gasteiger partial charge in [0.15, 0.2) is 0 Å². The first-order chi connectivity index (χ1) is 20.9. The fraction of sp³-hybridized carbons (Fsp3) is 0.514. The van der Waals surface area contributed by atoms with Crippen LogP contribution in [0.1, 0.15) is 86.8 Å². The maximum Gasteiger partial charge on any atom is 0.255 e. The largest absolute Gasteiger partial charge is 0.322 e. The molecular formula is C35H42ClFN4O3. The Labute approximate surface area is 264 Å². The van der Waals surface area contributed by atoms with Crippen molar-refractivity contribution < 1.29 is 18.8 Å². The van der Waals surface area contributed by atoms with E-state index in [-0.39, 0.29) is 54.5 Å². The molecule has 4 aliphatic rings. The number of fused-ring (bicyclic) bond motifs is 1. The lowest BCUT2D eigenvalue weighted by Gasteiger charge is -2.46. The zero-order chi connectivity index (χ0) is 31.3. The molecule has 0 radical (unpaired) electrons. The van der Waals surface area contributed by atoms with Gasteiger partial charge in [-0.3, -0.25) is 29.5 Å². The van der Waals surface area contributed by atoms with Crippen molar-refractivity contribution in [1.29, 1.82) is 0 Å². The third kappa shape index (κ3) is 6.09. The Hall–Kier alpha value is -3.07. The smallest absolute Gasteiger partial charge is 0.255 e. The van der Waals surface area contributed by atoms with Crippen LogP contribution in [0.5, 0.6) is 0 Å². The summed E-state index contributed by atoms with van der Waals surface area (Å²) in [7, 11) is 0. The van der Waals surface area contributed by atoms with E-state index in [0.29, 0.717) is 23.2 Å². The van der Waals surface area contributed by atoms with E-state index in [1.165, 1.54) is 28.0 Å². The number of allylic oxidation sites excluding steroid dienone is 1. The molecule has 2 aromatic rings. The summed E-state index contributed by atoms with van der Waals surface area (Å²) in [6.07, 6.45) is 3.73. The molecule has 6 rings (SSSR count). The number of rotatable bonds is 6. The second-order valence-electron chi connectivity index (χ2n) is 14.0. The number of nitrogens with one attached hydrogen (secondary N) is 1. The standard InChI is InChI=1S/C35H42ClFN4O3/c1-21-16-39(17-22(2)40(21)19-24-13-14-35(3,4)15-28(24)23-5-8-26(36)9-6-23)18-25-7-10-27-29(32(25)37)20-41(34(27)44)30-11-12-31(42)38-33(30)43/h5-10,21-22,30H,11-20H2,1-4H3,(H,38,42,43). The zero-order valence-corrected chi connectivity index (χ0v) is 26.8. The van der Waals surface area contributed by atoms with Gasteiger partial charge >= 0.3 is 0 Å². The van der Waals surface area contributed by atoms with Crippen LogP contribution in [0.3, 0.4) is 0 Å². The Morgan fingerprint density at radius 3 is 2.36 bits per heavy atom. The van der Waals surface area contributed by atoms with Gasteiger partial charge in [-0.1, -0.05) is 49.2 Å². The number of carbonyl (C=O) groups excluding carboxylic acids is 3. The number of hydrogen-bond acceptors (Lipinski definition) is 5. The number of amides is 3. The van der Waals surface area contributed by atoms with Gasteiger partial charge in [0.25, 0.3) is 5.91 Å². The molecule has 3 atom stereocenters. The van der Waals surface area contributed by atoms with E-state index >= 15 is 4.39 Å². The van der Waals surface area contributed by atoms with Crippen molar-refractivity contribution in [3.63, 3.8) is 0 Å². The van der Waals surface area contributed by atoms with Crippen molar-refractivity contribution >= 4 is 34.9 Å². The van der Waals surface area contributed by atoms with Crippen LogP contribution in [-0.4, -0.2) is 70.2 Å². The monoisotopic (exact) mass is 620 g/mol. The third-order valence-electron chi connectivity index (χ3n) is 10.1. The van der Waals surface area contributed by atoms with Gasteiger partial charge in [-0.15, -0.1) is 0 Å². The van der Waals surface area contributed by atoms with Gasteiger partial charge in [-0.25, -0.2) is 4.39 Å². The normalized spacial score (nSPS) is 26.3. The van der Waals surface area contributed by atoms with Gasteiger partial charge < -0.3 is 4.90 Å². The van der Waals surface area contributed by atoms with E-state index in [9.17, 15) is 14.4 Å². The Bertz CT molecular complexity index is 1510. The van der Waals surface area contributed by atoms with Crippen LogP contribution in [0.2, 0.25) is 5.02 Å². The number of piperazine rings is 1. The Morgan fingerprint density at radius 2 is 1.68 bits per heavy atom. The van der Waals surface area contributed by atoms with Crippen LogP contribution in [0, 0.1) is 11.2 Å². The molecule has 1 N–H and O–H groups in total. The highest BCUT2D eigenvalue weighted by Crippen LogP contribution is 2.44. The van der Waals surface area contributed by atoms with Gasteiger partial charge in [0.1, 0.15) is 11.9 Å². The Morgan fingerprint density at radius 1 is 0.977 bits per heavy atom. The van der Waals surface area contributed by atoms with Crippen molar-refractivity contribution in [2.75, 3.05) is 19.6 Å². The average molecular weight is 621 g/mol. The molecule has 3 heterocycles. The van der Waals surface area contributed by atoms with Crippen molar-refractivity contribution in [2.24, 2.45) is 5.41 Å². The molecule has 2 saturated heterocycles. The number of piperidine rings is 1. The molecule has 7 nitrogen and oxygen atoms in total. The predicted octanol–water partition coefficient (Wildman–Crippen LogP) is 5.80. The summed E-state index contributed by atoms with van der Waals surface area (Å²) in [6, 6.07) is 11.5. The summed E-state index contributed by atoms with van der Waals surface area (Å²) in [5, 5.41) is 3.06. The van der Waals surface area contributed by atoms with E-state index in [2.05, 4.69) is 54.9 Å². The van der Waals surface area contributed by atoms with Crippen LogP contribution in [0.25, 0.3) is 5.57 Å². The van der Waals surface area contributed by atoms with Crippen LogP contribution in [-0.2, 0) is 22.7 Å². The molecule has 1 aliphatic carbocycles. The molecule has 0 bridgehead atoms. The maximum atomic E-state index is 15.9. The minimum Gasteiger partial charge on any atom is -0.322 e. The second-order valence-corrected chi connectivity index (χ2v) is 14.4. The first-order valence-electron chi connectivity index (χ1n) is 15.8. The van der Waals surface area contributed by atoms with Crippen LogP contribution >= 0.6 is 11.6 Å². The van der Waals surface area contributed by atoms with E-state index in [0.717, 1.165) is 37.5 Å². The highest BCUT2D eigenvalue weighted by atomic mass is 35.5. The lowest BCUT2D eigenvalue weighted by atomic mass is 9.72. The van der Waals surface area contributed by atoms with E-state index in [1.807, 2.05) is 12.1 Å². The second kappa shape index (κ2) is 12.0. The van der Waals surface area contributed by atoms with Crippen LogP contribution < -0.4 is 5.32 Å². The first kappa shape index (κ1) is 30.9. The van der Waals surface area contributed by atoms with Gasteiger partial charge in [-0.2, -0.15) is 0 Å². The molecule has 2 aromatic carbocycles. The van der Waals surface area contributed by atoms with Crippen molar-refractivity contribution in [1.82, 2.24) is 20.0 Å². The highest BCUT2D eigenvalue weighted by molar-refractivity contribution is 6.30. The molecule has 3 aliphatic heterocycles. The minimum atomic E-state index is -0.754. The SMILES string of the molecule is CC1CN(Cc2ccc3c(c2F)CN(C2CCC(=O)NC2=O)C3=O)CC(C)N1CC1=C(c2ccc(Cl)cc2)CC(C)(C)CC1. The number of hydrogen-bond donors (Lipinski definition) is 1. The lowest BCUT2D eigenvalue weighted by molar-refractivity contribution is -0.136. The number of nitrogens with zero attached hydrogens (tertiary/aromatic N) is 3. The Kier molecular flexibility index (Phi) is 8.46. The number of imide groups is 1. The number of carbonyl (C=O) groups is 3. The summed E-state index contributed by atoms with van der Waals surface area (Å²) in [5.74, 6) is -1.55.